The van der Waals surface area contributed by atoms with E-state index >= 15 is 0 Å². The highest BCUT2D eigenvalue weighted by Crippen LogP contribution is 2.36. The predicted molar refractivity (Wildman–Crippen MR) is 62.4 cm³/mol. The second-order valence-corrected chi connectivity index (χ2v) is 4.03. The molecule has 1 rings (SSSR count). The van der Waals surface area contributed by atoms with E-state index in [-0.39, 0.29) is 17.1 Å². The summed E-state index contributed by atoms with van der Waals surface area (Å²) in [6, 6.07) is 4.41. The summed E-state index contributed by atoms with van der Waals surface area (Å²) in [6.45, 7) is 2.11. The Labute approximate surface area is 95.7 Å². The van der Waals surface area contributed by atoms with Gasteiger partial charge in [0.15, 0.2) is 11.5 Å². The van der Waals surface area contributed by atoms with Gasteiger partial charge in [0.05, 0.1) is 0 Å². The first-order chi connectivity index (χ1) is 7.66. The van der Waals surface area contributed by atoms with Crippen LogP contribution in [0.4, 0.5) is 4.39 Å². The van der Waals surface area contributed by atoms with Crippen molar-refractivity contribution >= 4 is 0 Å². The number of unbranched alkanes of at least 4 members (excludes halogenated alkanes) is 3. The number of halogens is 1. The van der Waals surface area contributed by atoms with Gasteiger partial charge in [-0.2, -0.15) is 0 Å². The third kappa shape index (κ3) is 3.40. The third-order valence-electron chi connectivity index (χ3n) is 2.69. The highest BCUT2D eigenvalue weighted by molar-refractivity contribution is 5.45. The van der Waals surface area contributed by atoms with Crippen LogP contribution in [0.2, 0.25) is 0 Å². The standard InChI is InChI=1S/C13H19FO2/c1-2-3-4-5-8-11(14)10-7-6-9-12(15)13(10)16/h6-7,9,11,15-16H,2-5,8H2,1H3. The van der Waals surface area contributed by atoms with Gasteiger partial charge in [-0.05, 0) is 12.5 Å². The van der Waals surface area contributed by atoms with Crippen molar-refractivity contribution in [2.24, 2.45) is 0 Å². The molecule has 0 aliphatic heterocycles. The molecule has 90 valence electrons. The maximum atomic E-state index is 13.7. The molecule has 3 heteroatoms. The first-order valence-corrected chi connectivity index (χ1v) is 5.81. The number of alkyl halides is 1. The Kier molecular flexibility index (Phi) is 5.09. The second-order valence-electron chi connectivity index (χ2n) is 4.03. The molecular formula is C13H19FO2. The van der Waals surface area contributed by atoms with Crippen LogP contribution in [0.15, 0.2) is 18.2 Å². The van der Waals surface area contributed by atoms with E-state index in [1.165, 1.54) is 12.1 Å². The van der Waals surface area contributed by atoms with E-state index < -0.39 is 6.17 Å². The lowest BCUT2D eigenvalue weighted by Crippen LogP contribution is -1.93. The average molecular weight is 226 g/mol. The van der Waals surface area contributed by atoms with Crippen molar-refractivity contribution in [1.29, 1.82) is 0 Å². The number of benzene rings is 1. The minimum atomic E-state index is -1.19. The van der Waals surface area contributed by atoms with E-state index in [0.717, 1.165) is 25.7 Å². The van der Waals surface area contributed by atoms with Crippen molar-refractivity contribution in [3.63, 3.8) is 0 Å². The van der Waals surface area contributed by atoms with E-state index in [2.05, 4.69) is 6.92 Å². The summed E-state index contributed by atoms with van der Waals surface area (Å²) < 4.78 is 13.7. The van der Waals surface area contributed by atoms with Crippen LogP contribution in [0.3, 0.4) is 0 Å². The Bertz CT molecular complexity index is 326. The molecule has 0 heterocycles. The summed E-state index contributed by atoms with van der Waals surface area (Å²) in [5, 5.41) is 18.7. The summed E-state index contributed by atoms with van der Waals surface area (Å²) in [5.41, 5.74) is 0.191. The highest BCUT2D eigenvalue weighted by Gasteiger charge is 2.15. The molecule has 0 aromatic heterocycles. The number of hydrogen-bond donors (Lipinski definition) is 2. The van der Waals surface area contributed by atoms with Gasteiger partial charge in [-0.1, -0.05) is 44.7 Å². The molecule has 16 heavy (non-hydrogen) atoms. The maximum Gasteiger partial charge on any atom is 0.163 e. The third-order valence-corrected chi connectivity index (χ3v) is 2.69. The summed E-state index contributed by atoms with van der Waals surface area (Å²) in [5.74, 6) is -0.584. The SMILES string of the molecule is CCCCCCC(F)c1cccc(O)c1O. The van der Waals surface area contributed by atoms with Crippen LogP contribution in [0.5, 0.6) is 11.5 Å². The average Bonchev–Trinajstić information content (AvgIpc) is 2.28. The molecule has 1 unspecified atom stereocenters. The smallest absolute Gasteiger partial charge is 0.163 e. The van der Waals surface area contributed by atoms with Crippen LogP contribution in [-0.2, 0) is 0 Å². The van der Waals surface area contributed by atoms with Crippen LogP contribution < -0.4 is 0 Å². The van der Waals surface area contributed by atoms with Gasteiger partial charge in [0.25, 0.3) is 0 Å². The topological polar surface area (TPSA) is 40.5 Å². The molecule has 0 spiro atoms. The van der Waals surface area contributed by atoms with E-state index in [4.69, 9.17) is 0 Å². The van der Waals surface area contributed by atoms with Crippen LogP contribution in [0.1, 0.15) is 50.8 Å². The summed E-state index contributed by atoms with van der Waals surface area (Å²) >= 11 is 0. The van der Waals surface area contributed by atoms with Crippen molar-refractivity contribution in [2.75, 3.05) is 0 Å². The molecule has 0 radical (unpaired) electrons. The first kappa shape index (κ1) is 12.8. The summed E-state index contributed by atoms with van der Waals surface area (Å²) in [6.07, 6.45) is 3.26. The van der Waals surface area contributed by atoms with Crippen LogP contribution in [0, 0.1) is 0 Å². The van der Waals surface area contributed by atoms with Crippen molar-refractivity contribution < 1.29 is 14.6 Å². The summed E-state index contributed by atoms with van der Waals surface area (Å²) in [4.78, 5) is 0. The molecule has 1 atom stereocenters. The van der Waals surface area contributed by atoms with Gasteiger partial charge in [0, 0.05) is 5.56 Å². The lowest BCUT2D eigenvalue weighted by molar-refractivity contribution is 0.298. The van der Waals surface area contributed by atoms with Gasteiger partial charge in [0.2, 0.25) is 0 Å². The van der Waals surface area contributed by atoms with Gasteiger partial charge in [-0.25, -0.2) is 4.39 Å². The van der Waals surface area contributed by atoms with E-state index in [9.17, 15) is 14.6 Å². The van der Waals surface area contributed by atoms with Gasteiger partial charge in [0.1, 0.15) is 6.17 Å². The number of para-hydroxylation sites is 1. The molecule has 1 aromatic rings. The number of hydrogen-bond acceptors (Lipinski definition) is 2. The number of phenolic OH excluding ortho intramolecular Hbond substituents is 2. The maximum absolute atomic E-state index is 13.7. The Morgan fingerprint density at radius 1 is 1.19 bits per heavy atom. The zero-order valence-corrected chi connectivity index (χ0v) is 9.62. The molecule has 0 bridgehead atoms. The highest BCUT2D eigenvalue weighted by atomic mass is 19.1. The lowest BCUT2D eigenvalue weighted by Gasteiger charge is -2.10. The predicted octanol–water partition coefficient (Wildman–Crippen LogP) is 4.08. The van der Waals surface area contributed by atoms with Gasteiger partial charge in [-0.3, -0.25) is 0 Å². The van der Waals surface area contributed by atoms with Gasteiger partial charge >= 0.3 is 0 Å². The molecule has 0 saturated carbocycles. The summed E-state index contributed by atoms with van der Waals surface area (Å²) in [7, 11) is 0. The number of aromatic hydroxyl groups is 2. The fourth-order valence-electron chi connectivity index (χ4n) is 1.71. The largest absolute Gasteiger partial charge is 0.504 e. The van der Waals surface area contributed by atoms with Crippen LogP contribution in [0.25, 0.3) is 0 Å². The molecule has 2 nitrogen and oxygen atoms in total. The Balaban J connectivity index is 2.52. The monoisotopic (exact) mass is 226 g/mol. The van der Waals surface area contributed by atoms with Crippen LogP contribution >= 0.6 is 0 Å². The Morgan fingerprint density at radius 3 is 2.62 bits per heavy atom. The molecular weight excluding hydrogens is 207 g/mol. The van der Waals surface area contributed by atoms with Gasteiger partial charge in [-0.15, -0.1) is 0 Å². The molecule has 1 aromatic carbocycles. The minimum Gasteiger partial charge on any atom is -0.504 e. The molecule has 0 fully saturated rings. The van der Waals surface area contributed by atoms with E-state index in [1.54, 1.807) is 6.07 Å². The van der Waals surface area contributed by atoms with Gasteiger partial charge < -0.3 is 10.2 Å². The molecule has 0 aliphatic carbocycles. The molecule has 0 aliphatic rings. The number of rotatable bonds is 6. The normalized spacial score (nSPS) is 12.6. The van der Waals surface area contributed by atoms with E-state index in [0.29, 0.717) is 6.42 Å². The van der Waals surface area contributed by atoms with E-state index in [1.807, 2.05) is 0 Å². The van der Waals surface area contributed by atoms with Crippen molar-refractivity contribution in [3.05, 3.63) is 23.8 Å². The zero-order chi connectivity index (χ0) is 12.0. The fourth-order valence-corrected chi connectivity index (χ4v) is 1.71. The quantitative estimate of drug-likeness (QED) is 0.566. The van der Waals surface area contributed by atoms with Crippen molar-refractivity contribution in [2.45, 2.75) is 45.2 Å². The molecule has 2 N–H and O–H groups in total. The number of phenols is 2. The second kappa shape index (κ2) is 6.36. The fraction of sp³-hybridized carbons (Fsp3) is 0.538. The molecule has 0 amide bonds. The van der Waals surface area contributed by atoms with Crippen LogP contribution in [-0.4, -0.2) is 10.2 Å². The lowest BCUT2D eigenvalue weighted by atomic mass is 10.0. The first-order valence-electron chi connectivity index (χ1n) is 5.81. The van der Waals surface area contributed by atoms with Crippen molar-refractivity contribution in [1.82, 2.24) is 0 Å². The van der Waals surface area contributed by atoms with Crippen molar-refractivity contribution in [3.8, 4) is 11.5 Å². The Morgan fingerprint density at radius 2 is 1.94 bits per heavy atom. The Hall–Kier alpha value is -1.25. The molecule has 0 saturated heterocycles. The minimum absolute atomic E-state index is 0.191. The zero-order valence-electron chi connectivity index (χ0n) is 9.62.